The Morgan fingerprint density at radius 3 is 2.65 bits per heavy atom. The molecule has 1 atom stereocenters. The highest BCUT2D eigenvalue weighted by atomic mass is 16.7. The zero-order valence-electron chi connectivity index (χ0n) is 18.5. The maximum absolute atomic E-state index is 13.0. The summed E-state index contributed by atoms with van der Waals surface area (Å²) in [5.74, 6) is -1.33. The molecule has 2 N–H and O–H groups in total. The minimum absolute atomic E-state index is 0.0166. The van der Waals surface area contributed by atoms with E-state index in [1.54, 1.807) is 61.7 Å². The van der Waals surface area contributed by atoms with Crippen LogP contribution in [0.2, 0.25) is 0 Å². The van der Waals surface area contributed by atoms with E-state index in [1.807, 2.05) is 0 Å². The van der Waals surface area contributed by atoms with E-state index in [2.05, 4.69) is 15.9 Å². The summed E-state index contributed by atoms with van der Waals surface area (Å²) >= 11 is 0. The first-order chi connectivity index (χ1) is 16.5. The third-order valence-electron chi connectivity index (χ3n) is 5.27. The molecule has 0 radical (unpaired) electrons. The molecular formula is C24H24N4O6. The number of anilines is 1. The van der Waals surface area contributed by atoms with Crippen molar-refractivity contribution in [3.05, 3.63) is 71.9 Å². The number of ether oxygens (including phenoxy) is 2. The van der Waals surface area contributed by atoms with E-state index in [0.717, 1.165) is 12.8 Å². The van der Waals surface area contributed by atoms with Crippen molar-refractivity contribution < 1.29 is 28.7 Å². The predicted molar refractivity (Wildman–Crippen MR) is 123 cm³/mol. The molecule has 0 saturated carbocycles. The van der Waals surface area contributed by atoms with Gasteiger partial charge in [-0.3, -0.25) is 9.59 Å². The molecule has 2 aliphatic heterocycles. The van der Waals surface area contributed by atoms with Crippen molar-refractivity contribution in [3.8, 4) is 5.75 Å². The lowest BCUT2D eigenvalue weighted by atomic mass is 10.2. The molecule has 2 aliphatic rings. The largest absolute Gasteiger partial charge is 0.497 e. The van der Waals surface area contributed by atoms with E-state index in [9.17, 15) is 14.4 Å². The van der Waals surface area contributed by atoms with Gasteiger partial charge in [0.05, 0.1) is 18.9 Å². The fourth-order valence-electron chi connectivity index (χ4n) is 3.46. The summed E-state index contributed by atoms with van der Waals surface area (Å²) in [5, 5.41) is 4.09. The number of amides is 2. The lowest BCUT2D eigenvalue weighted by Crippen LogP contribution is -2.37. The second kappa shape index (κ2) is 10.7. The second-order valence-electron chi connectivity index (χ2n) is 7.56. The molecule has 10 nitrogen and oxygen atoms in total. The number of nitrogens with zero attached hydrogens (tertiary/aromatic N) is 2. The first-order valence-electron chi connectivity index (χ1n) is 10.8. The number of carbonyl (C=O) groups is 3. The number of carbonyl (C=O) groups excluding carboxylic acids is 3. The normalized spacial score (nSPS) is 19.3. The van der Waals surface area contributed by atoms with Crippen molar-refractivity contribution >= 4 is 29.2 Å². The van der Waals surface area contributed by atoms with Crippen LogP contribution in [0, 0.1) is 0 Å². The molecule has 1 unspecified atom stereocenters. The minimum Gasteiger partial charge on any atom is -0.497 e. The maximum Gasteiger partial charge on any atom is 0.376 e. The molecule has 0 aliphatic carbocycles. The molecule has 0 spiro atoms. The van der Waals surface area contributed by atoms with E-state index >= 15 is 0 Å². The van der Waals surface area contributed by atoms with Gasteiger partial charge in [0.25, 0.3) is 11.8 Å². The van der Waals surface area contributed by atoms with Gasteiger partial charge in [0.15, 0.2) is 5.70 Å². The molecule has 34 heavy (non-hydrogen) atoms. The van der Waals surface area contributed by atoms with E-state index in [1.165, 1.54) is 11.1 Å². The third kappa shape index (κ3) is 5.48. The summed E-state index contributed by atoms with van der Waals surface area (Å²) in [6.45, 7) is 0.914. The Morgan fingerprint density at radius 1 is 1.21 bits per heavy atom. The smallest absolute Gasteiger partial charge is 0.376 e. The molecule has 2 aromatic carbocycles. The molecule has 2 aromatic rings. The lowest BCUT2D eigenvalue weighted by molar-refractivity contribution is -0.140. The van der Waals surface area contributed by atoms with Gasteiger partial charge in [0.2, 0.25) is 0 Å². The summed E-state index contributed by atoms with van der Waals surface area (Å²) in [4.78, 5) is 47.1. The quantitative estimate of drug-likeness (QED) is 0.472. The number of aliphatic imine (C=N–C) groups is 1. The van der Waals surface area contributed by atoms with Crippen LogP contribution in [0.25, 0.3) is 0 Å². The average molecular weight is 464 g/mol. The van der Waals surface area contributed by atoms with Gasteiger partial charge in [-0.2, -0.15) is 0 Å². The fraction of sp³-hybridized carbons (Fsp3) is 0.250. The van der Waals surface area contributed by atoms with Gasteiger partial charge < -0.3 is 19.6 Å². The first-order valence-corrected chi connectivity index (χ1v) is 10.8. The molecule has 0 aromatic heterocycles. The van der Waals surface area contributed by atoms with Crippen LogP contribution >= 0.6 is 0 Å². The highest BCUT2D eigenvalue weighted by Gasteiger charge is 2.31. The summed E-state index contributed by atoms with van der Waals surface area (Å²) in [6, 6.07) is 15.2. The number of hydrogen-bond acceptors (Lipinski definition) is 8. The van der Waals surface area contributed by atoms with Crippen molar-refractivity contribution in [2.75, 3.05) is 25.3 Å². The molecule has 2 saturated heterocycles. The maximum atomic E-state index is 13.0. The Bertz CT molecular complexity index is 1110. The topological polar surface area (TPSA) is 119 Å². The van der Waals surface area contributed by atoms with Crippen LogP contribution in [-0.4, -0.2) is 49.9 Å². The molecule has 2 amide bonds. The van der Waals surface area contributed by atoms with Crippen LogP contribution in [0.1, 0.15) is 23.2 Å². The lowest BCUT2D eigenvalue weighted by Gasteiger charge is -2.16. The van der Waals surface area contributed by atoms with Gasteiger partial charge in [0.1, 0.15) is 11.5 Å². The Morgan fingerprint density at radius 2 is 1.97 bits per heavy atom. The van der Waals surface area contributed by atoms with Crippen molar-refractivity contribution in [2.24, 2.45) is 4.99 Å². The van der Waals surface area contributed by atoms with Crippen molar-refractivity contribution in [1.29, 1.82) is 0 Å². The number of hydrazine groups is 1. The Balaban J connectivity index is 1.64. The Labute approximate surface area is 196 Å². The summed E-state index contributed by atoms with van der Waals surface area (Å²) in [5.41, 5.74) is 3.10. The van der Waals surface area contributed by atoms with Gasteiger partial charge >= 0.3 is 5.97 Å². The number of methoxy groups -OCH3 is 1. The summed E-state index contributed by atoms with van der Waals surface area (Å²) in [7, 11) is 1.54. The average Bonchev–Trinajstić information content (AvgIpc) is 3.52. The van der Waals surface area contributed by atoms with Crippen LogP contribution in [0.15, 0.2) is 71.4 Å². The Hall–Kier alpha value is -4.02. The van der Waals surface area contributed by atoms with Crippen molar-refractivity contribution in [2.45, 2.75) is 18.9 Å². The van der Waals surface area contributed by atoms with Gasteiger partial charge in [0, 0.05) is 24.8 Å². The zero-order valence-corrected chi connectivity index (χ0v) is 18.5. The van der Waals surface area contributed by atoms with Crippen LogP contribution in [-0.2, 0) is 19.2 Å². The molecule has 2 fully saturated rings. The van der Waals surface area contributed by atoms with Crippen LogP contribution < -0.4 is 20.7 Å². The molecule has 10 heteroatoms. The van der Waals surface area contributed by atoms with E-state index in [0.29, 0.717) is 23.6 Å². The first kappa shape index (κ1) is 23.1. The van der Waals surface area contributed by atoms with E-state index in [-0.39, 0.29) is 24.1 Å². The number of nitrogens with one attached hydrogen (secondary N) is 2. The predicted octanol–water partition coefficient (Wildman–Crippen LogP) is 1.94. The van der Waals surface area contributed by atoms with E-state index in [4.69, 9.17) is 14.3 Å². The SMILES string of the molecule is COc1ccc(N2NOC(=O)/C2=C\C(=NC(=O)c2ccccc2)C(=O)NCC2CCCO2)cc1. The number of benzene rings is 2. The fourth-order valence-corrected chi connectivity index (χ4v) is 3.46. The molecule has 176 valence electrons. The van der Waals surface area contributed by atoms with Gasteiger partial charge in [-0.15, -0.1) is 0 Å². The highest BCUT2D eigenvalue weighted by molar-refractivity contribution is 6.45. The van der Waals surface area contributed by atoms with Crippen LogP contribution in [0.5, 0.6) is 5.75 Å². The number of hydrogen-bond donors (Lipinski definition) is 2. The highest BCUT2D eigenvalue weighted by Crippen LogP contribution is 2.24. The molecule has 4 rings (SSSR count). The summed E-state index contributed by atoms with van der Waals surface area (Å²) < 4.78 is 10.7. The van der Waals surface area contributed by atoms with Gasteiger partial charge in [-0.05, 0) is 49.2 Å². The van der Waals surface area contributed by atoms with Crippen LogP contribution in [0.4, 0.5) is 5.69 Å². The molecule has 0 bridgehead atoms. The monoisotopic (exact) mass is 464 g/mol. The molecular weight excluding hydrogens is 440 g/mol. The second-order valence-corrected chi connectivity index (χ2v) is 7.56. The zero-order chi connectivity index (χ0) is 23.9. The summed E-state index contributed by atoms with van der Waals surface area (Å²) in [6.07, 6.45) is 2.87. The van der Waals surface area contributed by atoms with Crippen molar-refractivity contribution in [1.82, 2.24) is 10.9 Å². The third-order valence-corrected chi connectivity index (χ3v) is 5.27. The Kier molecular flexibility index (Phi) is 7.31. The van der Waals surface area contributed by atoms with E-state index < -0.39 is 17.8 Å². The number of rotatable bonds is 7. The van der Waals surface area contributed by atoms with Crippen molar-refractivity contribution in [3.63, 3.8) is 0 Å². The van der Waals surface area contributed by atoms with Crippen LogP contribution in [0.3, 0.4) is 0 Å². The van der Waals surface area contributed by atoms with Gasteiger partial charge in [-0.25, -0.2) is 14.8 Å². The minimum atomic E-state index is -0.734. The van der Waals surface area contributed by atoms with Gasteiger partial charge in [-0.1, -0.05) is 23.8 Å². The molecule has 2 heterocycles. The standard InChI is InChI=1S/C24H24N4O6/c1-32-18-11-9-17(10-12-18)28-21(24(31)34-27-28)14-20(23(30)25-15-19-8-5-13-33-19)26-22(29)16-6-3-2-4-7-16/h2-4,6-7,9-12,14,19,27H,5,8,13,15H2,1H3,(H,25,30)/b21-14+,26-20?.